The minimum absolute atomic E-state index is 0.369. The summed E-state index contributed by atoms with van der Waals surface area (Å²) in [7, 11) is 2.11. The van der Waals surface area contributed by atoms with Crippen molar-refractivity contribution in [2.45, 2.75) is 18.8 Å². The Balaban J connectivity index is 1.49. The average Bonchev–Trinajstić information content (AvgIpc) is 3.10. The van der Waals surface area contributed by atoms with E-state index in [1.165, 1.54) is 0 Å². The Morgan fingerprint density at radius 2 is 2.19 bits per heavy atom. The zero-order valence-electron chi connectivity index (χ0n) is 12.0. The first-order chi connectivity index (χ1) is 10.2. The van der Waals surface area contributed by atoms with Gasteiger partial charge in [-0.25, -0.2) is 0 Å². The minimum atomic E-state index is 0.369. The van der Waals surface area contributed by atoms with Crippen molar-refractivity contribution in [3.05, 3.63) is 41.0 Å². The van der Waals surface area contributed by atoms with Crippen LogP contribution in [0.15, 0.2) is 28.8 Å². The highest BCUT2D eigenvalue weighted by Gasteiger charge is 2.26. The second-order valence-corrected chi connectivity index (χ2v) is 5.79. The van der Waals surface area contributed by atoms with Gasteiger partial charge >= 0.3 is 0 Å². The van der Waals surface area contributed by atoms with Crippen LogP contribution in [-0.2, 0) is 6.42 Å². The maximum absolute atomic E-state index is 5.83. The molecule has 1 aliphatic rings. The third-order valence-corrected chi connectivity index (χ3v) is 3.88. The summed E-state index contributed by atoms with van der Waals surface area (Å²) in [5.41, 5.74) is 0. The number of benzene rings is 1. The van der Waals surface area contributed by atoms with Gasteiger partial charge in [-0.2, -0.15) is 4.98 Å². The zero-order valence-corrected chi connectivity index (χ0v) is 12.7. The molecular formula is C15H18ClN3O2. The standard InChI is InChI=1S/C15H18ClN3O2/c1-19-8-6-11(10-19)15-17-14(18-21-15)7-9-20-13-4-2-12(16)3-5-13/h2-5,11H,6-10H2,1H3. The molecule has 1 aromatic carbocycles. The normalized spacial score (nSPS) is 19.0. The fourth-order valence-corrected chi connectivity index (χ4v) is 2.59. The first kappa shape index (κ1) is 14.4. The Labute approximate surface area is 128 Å². The predicted molar refractivity (Wildman–Crippen MR) is 79.8 cm³/mol. The van der Waals surface area contributed by atoms with E-state index < -0.39 is 0 Å². The lowest BCUT2D eigenvalue weighted by atomic mass is 10.1. The molecule has 1 saturated heterocycles. The second-order valence-electron chi connectivity index (χ2n) is 5.35. The smallest absolute Gasteiger partial charge is 0.231 e. The Morgan fingerprint density at radius 3 is 2.90 bits per heavy atom. The van der Waals surface area contributed by atoms with Crippen molar-refractivity contribution in [3.8, 4) is 5.75 Å². The lowest BCUT2D eigenvalue weighted by Crippen LogP contribution is -2.13. The number of aromatic nitrogens is 2. The van der Waals surface area contributed by atoms with Gasteiger partial charge in [-0.1, -0.05) is 16.8 Å². The van der Waals surface area contributed by atoms with Crippen LogP contribution in [0.5, 0.6) is 5.75 Å². The molecular weight excluding hydrogens is 290 g/mol. The largest absolute Gasteiger partial charge is 0.493 e. The predicted octanol–water partition coefficient (Wildman–Crippen LogP) is 2.76. The van der Waals surface area contributed by atoms with E-state index in [0.717, 1.165) is 31.2 Å². The van der Waals surface area contributed by atoms with Crippen LogP contribution >= 0.6 is 11.6 Å². The average molecular weight is 308 g/mol. The molecule has 3 rings (SSSR count). The molecule has 1 atom stereocenters. The number of halogens is 1. The van der Waals surface area contributed by atoms with Crippen LogP contribution in [0.1, 0.15) is 24.1 Å². The molecule has 0 spiro atoms. The second kappa shape index (κ2) is 6.45. The Kier molecular flexibility index (Phi) is 4.41. The molecule has 1 unspecified atom stereocenters. The summed E-state index contributed by atoms with van der Waals surface area (Å²) in [4.78, 5) is 6.74. The van der Waals surface area contributed by atoms with E-state index in [0.29, 0.717) is 29.8 Å². The van der Waals surface area contributed by atoms with Gasteiger partial charge in [0.1, 0.15) is 5.75 Å². The molecule has 1 aliphatic heterocycles. The monoisotopic (exact) mass is 307 g/mol. The Morgan fingerprint density at radius 1 is 1.38 bits per heavy atom. The first-order valence-electron chi connectivity index (χ1n) is 7.10. The van der Waals surface area contributed by atoms with E-state index in [2.05, 4.69) is 22.1 Å². The number of nitrogens with zero attached hydrogens (tertiary/aromatic N) is 3. The molecule has 2 aromatic rings. The molecule has 1 aromatic heterocycles. The topological polar surface area (TPSA) is 51.4 Å². The van der Waals surface area contributed by atoms with Crippen molar-refractivity contribution in [1.82, 2.24) is 15.0 Å². The molecule has 0 radical (unpaired) electrons. The third-order valence-electron chi connectivity index (χ3n) is 3.63. The minimum Gasteiger partial charge on any atom is -0.493 e. The van der Waals surface area contributed by atoms with E-state index in [1.54, 1.807) is 12.1 Å². The van der Waals surface area contributed by atoms with Crippen molar-refractivity contribution < 1.29 is 9.26 Å². The van der Waals surface area contributed by atoms with Crippen LogP contribution in [0.4, 0.5) is 0 Å². The molecule has 0 aliphatic carbocycles. The van der Waals surface area contributed by atoms with Crippen molar-refractivity contribution in [1.29, 1.82) is 0 Å². The van der Waals surface area contributed by atoms with Crippen molar-refractivity contribution in [3.63, 3.8) is 0 Å². The van der Waals surface area contributed by atoms with Crippen LogP contribution in [0.3, 0.4) is 0 Å². The van der Waals surface area contributed by atoms with E-state index in [4.69, 9.17) is 20.9 Å². The lowest BCUT2D eigenvalue weighted by Gasteiger charge is -2.05. The van der Waals surface area contributed by atoms with E-state index >= 15 is 0 Å². The summed E-state index contributed by atoms with van der Waals surface area (Å²) in [5, 5.41) is 4.73. The van der Waals surface area contributed by atoms with Gasteiger partial charge in [-0.05, 0) is 44.3 Å². The fourth-order valence-electron chi connectivity index (χ4n) is 2.46. The van der Waals surface area contributed by atoms with Gasteiger partial charge in [0, 0.05) is 18.0 Å². The van der Waals surface area contributed by atoms with Gasteiger partial charge in [-0.3, -0.25) is 0 Å². The summed E-state index contributed by atoms with van der Waals surface area (Å²) in [6.45, 7) is 2.59. The van der Waals surface area contributed by atoms with Gasteiger partial charge in [0.05, 0.1) is 12.5 Å². The third kappa shape index (κ3) is 3.74. The number of likely N-dealkylation sites (tertiary alicyclic amines) is 1. The van der Waals surface area contributed by atoms with E-state index in [1.807, 2.05) is 12.1 Å². The number of hydrogen-bond acceptors (Lipinski definition) is 5. The van der Waals surface area contributed by atoms with Gasteiger partial charge in [0.2, 0.25) is 5.89 Å². The van der Waals surface area contributed by atoms with Crippen molar-refractivity contribution in [2.75, 3.05) is 26.7 Å². The molecule has 0 N–H and O–H groups in total. The highest BCUT2D eigenvalue weighted by molar-refractivity contribution is 6.30. The Bertz CT molecular complexity index is 585. The molecule has 5 nitrogen and oxygen atoms in total. The quantitative estimate of drug-likeness (QED) is 0.850. The zero-order chi connectivity index (χ0) is 14.7. The summed E-state index contributed by atoms with van der Waals surface area (Å²) in [5.74, 6) is 2.61. The maximum Gasteiger partial charge on any atom is 0.231 e. The van der Waals surface area contributed by atoms with Gasteiger partial charge in [-0.15, -0.1) is 0 Å². The molecule has 1 fully saturated rings. The summed E-state index contributed by atoms with van der Waals surface area (Å²) < 4.78 is 11.0. The van der Waals surface area contributed by atoms with Crippen LogP contribution in [-0.4, -0.2) is 41.8 Å². The molecule has 21 heavy (non-hydrogen) atoms. The first-order valence-corrected chi connectivity index (χ1v) is 7.48. The molecule has 2 heterocycles. The number of hydrogen-bond donors (Lipinski definition) is 0. The van der Waals surface area contributed by atoms with E-state index in [-0.39, 0.29) is 0 Å². The van der Waals surface area contributed by atoms with Crippen LogP contribution in [0.25, 0.3) is 0 Å². The van der Waals surface area contributed by atoms with Crippen molar-refractivity contribution >= 4 is 11.6 Å². The van der Waals surface area contributed by atoms with Crippen LogP contribution in [0.2, 0.25) is 5.02 Å². The lowest BCUT2D eigenvalue weighted by molar-refractivity contribution is 0.311. The highest BCUT2D eigenvalue weighted by atomic mass is 35.5. The Hall–Kier alpha value is -1.59. The van der Waals surface area contributed by atoms with Gasteiger partial charge < -0.3 is 14.2 Å². The number of likely N-dealkylation sites (N-methyl/N-ethyl adjacent to an activating group) is 1. The summed E-state index contributed by atoms with van der Waals surface area (Å²) in [6, 6.07) is 7.30. The van der Waals surface area contributed by atoms with E-state index in [9.17, 15) is 0 Å². The highest BCUT2D eigenvalue weighted by Crippen LogP contribution is 2.24. The maximum atomic E-state index is 5.83. The van der Waals surface area contributed by atoms with Gasteiger partial charge in [0.25, 0.3) is 0 Å². The van der Waals surface area contributed by atoms with Crippen LogP contribution < -0.4 is 4.74 Å². The number of ether oxygens (including phenoxy) is 1. The molecule has 6 heteroatoms. The molecule has 0 saturated carbocycles. The fraction of sp³-hybridized carbons (Fsp3) is 0.467. The van der Waals surface area contributed by atoms with Crippen LogP contribution in [0, 0.1) is 0 Å². The summed E-state index contributed by atoms with van der Waals surface area (Å²) in [6.07, 6.45) is 1.72. The molecule has 0 bridgehead atoms. The van der Waals surface area contributed by atoms with Gasteiger partial charge in [0.15, 0.2) is 5.82 Å². The molecule has 0 amide bonds. The SMILES string of the molecule is CN1CCC(c2nc(CCOc3ccc(Cl)cc3)no2)C1. The molecule has 112 valence electrons. The van der Waals surface area contributed by atoms with Crippen molar-refractivity contribution in [2.24, 2.45) is 0 Å². The number of rotatable bonds is 5. The summed E-state index contributed by atoms with van der Waals surface area (Å²) >= 11 is 5.83.